The quantitative estimate of drug-likeness (QED) is 0.856. The summed E-state index contributed by atoms with van der Waals surface area (Å²) in [5.41, 5.74) is 1.76. The minimum atomic E-state index is -3.37. The van der Waals surface area contributed by atoms with Gasteiger partial charge in [-0.25, -0.2) is 25.9 Å². The molecule has 0 spiro atoms. The fraction of sp³-hybridized carbons (Fsp3) is 0.571. The second kappa shape index (κ2) is 6.66. The monoisotopic (exact) mass is 346 g/mol. The largest absolute Gasteiger partial charge is 0.218 e. The Morgan fingerprint density at radius 2 is 1.73 bits per heavy atom. The Morgan fingerprint density at radius 1 is 1.14 bits per heavy atom. The Morgan fingerprint density at radius 3 is 2.27 bits per heavy atom. The van der Waals surface area contributed by atoms with E-state index < -0.39 is 20.0 Å². The molecule has 1 aliphatic rings. The van der Waals surface area contributed by atoms with Gasteiger partial charge in [0.25, 0.3) is 0 Å². The molecule has 0 radical (unpaired) electrons. The maximum absolute atomic E-state index is 12.5. The maximum Gasteiger partial charge on any atom is 0.218 e. The lowest BCUT2D eigenvalue weighted by Crippen LogP contribution is -2.46. The summed E-state index contributed by atoms with van der Waals surface area (Å²) in [6.45, 7) is 2.59. The molecule has 1 fully saturated rings. The number of sulfonamides is 2. The molecule has 0 aromatic heterocycles. The number of nitrogens with one attached hydrogen (secondary N) is 1. The predicted molar refractivity (Wildman–Crippen MR) is 86.4 cm³/mol. The lowest BCUT2D eigenvalue weighted by atomic mass is 10.1. The Hall–Kier alpha value is -0.960. The van der Waals surface area contributed by atoms with Crippen molar-refractivity contribution >= 4 is 20.0 Å². The van der Waals surface area contributed by atoms with Gasteiger partial charge in [-0.3, -0.25) is 0 Å². The lowest BCUT2D eigenvalue weighted by molar-refractivity contribution is 0.308. The van der Waals surface area contributed by atoms with E-state index in [2.05, 4.69) is 4.72 Å². The van der Waals surface area contributed by atoms with E-state index in [4.69, 9.17) is 0 Å². The molecule has 0 amide bonds. The van der Waals surface area contributed by atoms with Crippen LogP contribution < -0.4 is 4.72 Å². The first kappa shape index (κ1) is 17.4. The lowest BCUT2D eigenvalue weighted by Gasteiger charge is -2.31. The molecular formula is C14H22N2O4S2. The van der Waals surface area contributed by atoms with Gasteiger partial charge in [-0.2, -0.15) is 0 Å². The van der Waals surface area contributed by atoms with Crippen LogP contribution in [0.2, 0.25) is 0 Å². The SMILES string of the molecule is Cc1ccccc1CS(=O)(=O)N1CCC(NS(C)(=O)=O)CC1. The Labute approximate surface area is 132 Å². The zero-order valence-electron chi connectivity index (χ0n) is 12.8. The molecular weight excluding hydrogens is 324 g/mol. The third-order valence-electron chi connectivity index (χ3n) is 3.83. The highest BCUT2D eigenvalue weighted by atomic mass is 32.2. The fourth-order valence-corrected chi connectivity index (χ4v) is 5.12. The summed E-state index contributed by atoms with van der Waals surface area (Å²) in [5.74, 6) is -0.0101. The molecule has 22 heavy (non-hydrogen) atoms. The van der Waals surface area contributed by atoms with Crippen LogP contribution in [0.3, 0.4) is 0 Å². The van der Waals surface area contributed by atoms with Crippen LogP contribution in [0, 0.1) is 6.92 Å². The zero-order chi connectivity index (χ0) is 16.4. The van der Waals surface area contributed by atoms with Crippen molar-refractivity contribution in [2.24, 2.45) is 0 Å². The molecule has 0 aliphatic carbocycles. The van der Waals surface area contributed by atoms with Crippen LogP contribution in [0.25, 0.3) is 0 Å². The van der Waals surface area contributed by atoms with Crippen LogP contribution in [-0.4, -0.2) is 46.5 Å². The van der Waals surface area contributed by atoms with E-state index in [9.17, 15) is 16.8 Å². The molecule has 1 heterocycles. The van der Waals surface area contributed by atoms with Gasteiger partial charge in [0.1, 0.15) is 0 Å². The molecule has 1 saturated heterocycles. The first-order valence-corrected chi connectivity index (χ1v) is 10.7. The van der Waals surface area contributed by atoms with Crippen molar-refractivity contribution in [1.29, 1.82) is 0 Å². The highest BCUT2D eigenvalue weighted by Gasteiger charge is 2.29. The maximum atomic E-state index is 12.5. The van der Waals surface area contributed by atoms with Crippen molar-refractivity contribution in [3.8, 4) is 0 Å². The number of benzene rings is 1. The molecule has 1 N–H and O–H groups in total. The highest BCUT2D eigenvalue weighted by Crippen LogP contribution is 2.19. The topological polar surface area (TPSA) is 83.6 Å². The first-order valence-electron chi connectivity index (χ1n) is 7.17. The molecule has 8 heteroatoms. The van der Waals surface area contributed by atoms with Crippen LogP contribution in [-0.2, 0) is 25.8 Å². The number of nitrogens with zero attached hydrogens (tertiary/aromatic N) is 1. The summed E-state index contributed by atoms with van der Waals surface area (Å²) in [6.07, 6.45) is 2.12. The molecule has 6 nitrogen and oxygen atoms in total. The highest BCUT2D eigenvalue weighted by molar-refractivity contribution is 7.88. The summed E-state index contributed by atoms with van der Waals surface area (Å²) >= 11 is 0. The third-order valence-corrected chi connectivity index (χ3v) is 6.42. The zero-order valence-corrected chi connectivity index (χ0v) is 14.5. The Balaban J connectivity index is 1.99. The van der Waals surface area contributed by atoms with Crippen LogP contribution in [0.1, 0.15) is 24.0 Å². The number of rotatable bonds is 5. The summed E-state index contributed by atoms with van der Waals surface area (Å²) in [7, 11) is -6.62. The van der Waals surface area contributed by atoms with E-state index in [0.717, 1.165) is 17.4 Å². The molecule has 0 saturated carbocycles. The van der Waals surface area contributed by atoms with E-state index >= 15 is 0 Å². The minimum Gasteiger partial charge on any atom is -0.213 e. The van der Waals surface area contributed by atoms with E-state index in [1.54, 1.807) is 0 Å². The van der Waals surface area contributed by atoms with Gasteiger partial charge < -0.3 is 0 Å². The molecule has 1 aromatic rings. The van der Waals surface area contributed by atoms with Crippen LogP contribution >= 0.6 is 0 Å². The average Bonchev–Trinajstić information content (AvgIpc) is 2.40. The summed E-state index contributed by atoms with van der Waals surface area (Å²) in [5, 5.41) is 0. The van der Waals surface area contributed by atoms with E-state index in [1.165, 1.54) is 4.31 Å². The number of hydrogen-bond donors (Lipinski definition) is 1. The predicted octanol–water partition coefficient (Wildman–Crippen LogP) is 0.838. The van der Waals surface area contributed by atoms with E-state index in [1.807, 2.05) is 31.2 Å². The molecule has 1 aromatic carbocycles. The van der Waals surface area contributed by atoms with Crippen LogP contribution in [0.5, 0.6) is 0 Å². The summed E-state index contributed by atoms with van der Waals surface area (Å²) in [4.78, 5) is 0. The summed E-state index contributed by atoms with van der Waals surface area (Å²) in [6, 6.07) is 7.26. The Kier molecular flexibility index (Phi) is 5.26. The minimum absolute atomic E-state index is 0.0101. The first-order chi connectivity index (χ1) is 10.2. The number of aryl methyl sites for hydroxylation is 1. The molecule has 2 rings (SSSR count). The Bertz CT molecular complexity index is 721. The molecule has 0 atom stereocenters. The van der Waals surface area contributed by atoms with Gasteiger partial charge in [0.15, 0.2) is 0 Å². The fourth-order valence-electron chi connectivity index (χ4n) is 2.61. The third kappa shape index (κ3) is 4.77. The van der Waals surface area contributed by atoms with Crippen molar-refractivity contribution in [3.63, 3.8) is 0 Å². The van der Waals surface area contributed by atoms with Crippen molar-refractivity contribution < 1.29 is 16.8 Å². The molecule has 1 aliphatic heterocycles. The standard InChI is InChI=1S/C14H22N2O4S2/c1-12-5-3-4-6-13(12)11-22(19,20)16-9-7-14(8-10-16)15-21(2,17)18/h3-6,14-15H,7-11H2,1-2H3. The summed E-state index contributed by atoms with van der Waals surface area (Å²) < 4.78 is 51.4. The van der Waals surface area contributed by atoms with Crippen molar-refractivity contribution in [3.05, 3.63) is 35.4 Å². The normalized spacial score (nSPS) is 18.5. The van der Waals surface area contributed by atoms with Gasteiger partial charge >= 0.3 is 0 Å². The van der Waals surface area contributed by atoms with Crippen molar-refractivity contribution in [2.45, 2.75) is 31.6 Å². The van der Waals surface area contributed by atoms with E-state index in [0.29, 0.717) is 25.9 Å². The van der Waals surface area contributed by atoms with E-state index in [-0.39, 0.29) is 11.8 Å². The van der Waals surface area contributed by atoms with Gasteiger partial charge in [0.05, 0.1) is 12.0 Å². The molecule has 0 bridgehead atoms. The number of piperidine rings is 1. The van der Waals surface area contributed by atoms with Crippen molar-refractivity contribution in [1.82, 2.24) is 9.03 Å². The van der Waals surface area contributed by atoms with Gasteiger partial charge in [-0.15, -0.1) is 0 Å². The average molecular weight is 346 g/mol. The second-order valence-electron chi connectivity index (χ2n) is 5.75. The van der Waals surface area contributed by atoms with Gasteiger partial charge in [0.2, 0.25) is 20.0 Å². The smallest absolute Gasteiger partial charge is 0.213 e. The van der Waals surface area contributed by atoms with Crippen molar-refractivity contribution in [2.75, 3.05) is 19.3 Å². The van der Waals surface area contributed by atoms with Gasteiger partial charge in [0, 0.05) is 19.1 Å². The molecule has 0 unspecified atom stereocenters. The van der Waals surface area contributed by atoms with Gasteiger partial charge in [-0.05, 0) is 30.9 Å². The number of hydrogen-bond acceptors (Lipinski definition) is 4. The van der Waals surface area contributed by atoms with Crippen LogP contribution in [0.15, 0.2) is 24.3 Å². The van der Waals surface area contributed by atoms with Crippen LogP contribution in [0.4, 0.5) is 0 Å². The molecule has 124 valence electrons. The second-order valence-corrected chi connectivity index (χ2v) is 9.49. The van der Waals surface area contributed by atoms with Gasteiger partial charge in [-0.1, -0.05) is 24.3 Å².